The summed E-state index contributed by atoms with van der Waals surface area (Å²) in [7, 11) is 0. The molecule has 0 saturated heterocycles. The molecule has 2 aromatic rings. The van der Waals surface area contributed by atoms with Crippen LogP contribution in [0.2, 0.25) is 0 Å². The second-order valence-corrected chi connectivity index (χ2v) is 6.33. The fraction of sp³-hybridized carbons (Fsp3) is 0.143. The molecule has 1 atom stereocenters. The van der Waals surface area contributed by atoms with E-state index in [9.17, 15) is 8.78 Å². The first kappa shape index (κ1) is 14.9. The lowest BCUT2D eigenvalue weighted by Gasteiger charge is -2.14. The molecule has 0 radical (unpaired) electrons. The average Bonchev–Trinajstić information content (AvgIpc) is 2.26. The summed E-state index contributed by atoms with van der Waals surface area (Å²) in [5, 5.41) is 0. The van der Waals surface area contributed by atoms with Crippen LogP contribution in [-0.4, -0.2) is 0 Å². The maximum Gasteiger partial charge on any atom is 0.124 e. The van der Waals surface area contributed by atoms with E-state index in [-0.39, 0.29) is 17.7 Å². The van der Waals surface area contributed by atoms with Crippen molar-refractivity contribution in [3.63, 3.8) is 0 Å². The van der Waals surface area contributed by atoms with Gasteiger partial charge in [-0.05, 0) is 70.5 Å². The molecular weight excluding hydrogens is 427 g/mol. The minimum Gasteiger partial charge on any atom is -0.324 e. The van der Waals surface area contributed by atoms with E-state index in [1.807, 2.05) is 6.07 Å². The molecule has 5 heteroatoms. The van der Waals surface area contributed by atoms with Crippen LogP contribution in [-0.2, 0) is 6.42 Å². The third-order valence-electron chi connectivity index (χ3n) is 2.74. The van der Waals surface area contributed by atoms with Crippen LogP contribution in [0, 0.1) is 15.2 Å². The van der Waals surface area contributed by atoms with Crippen molar-refractivity contribution >= 4 is 38.5 Å². The van der Waals surface area contributed by atoms with E-state index in [0.29, 0.717) is 10.9 Å². The molecule has 0 aliphatic heterocycles. The molecule has 19 heavy (non-hydrogen) atoms. The van der Waals surface area contributed by atoms with Crippen molar-refractivity contribution in [1.29, 1.82) is 0 Å². The minimum atomic E-state index is -0.301. The van der Waals surface area contributed by atoms with Crippen molar-refractivity contribution in [3.8, 4) is 0 Å². The Morgan fingerprint density at radius 3 is 2.47 bits per heavy atom. The van der Waals surface area contributed by atoms with Gasteiger partial charge in [0.15, 0.2) is 0 Å². The van der Waals surface area contributed by atoms with E-state index >= 15 is 0 Å². The van der Waals surface area contributed by atoms with Gasteiger partial charge in [-0.2, -0.15) is 0 Å². The summed E-state index contributed by atoms with van der Waals surface area (Å²) in [5.41, 5.74) is 7.78. The van der Waals surface area contributed by atoms with Gasteiger partial charge in [0, 0.05) is 14.1 Å². The molecule has 1 nitrogen and oxygen atoms in total. The van der Waals surface area contributed by atoms with Crippen molar-refractivity contribution in [1.82, 2.24) is 0 Å². The standard InChI is InChI=1S/C14H11BrF2IN/c15-9-3-8(4-11(17)6-9)5-14(19)12-2-1-10(16)7-13(12)18/h1-4,6-7,14H,5,19H2. The topological polar surface area (TPSA) is 26.0 Å². The zero-order chi connectivity index (χ0) is 14.0. The number of benzene rings is 2. The number of halogens is 4. The van der Waals surface area contributed by atoms with Gasteiger partial charge in [-0.25, -0.2) is 8.78 Å². The predicted molar refractivity (Wildman–Crippen MR) is 83.8 cm³/mol. The molecule has 2 N–H and O–H groups in total. The molecule has 0 fully saturated rings. The van der Waals surface area contributed by atoms with Gasteiger partial charge in [0.25, 0.3) is 0 Å². The highest BCUT2D eigenvalue weighted by Gasteiger charge is 2.12. The van der Waals surface area contributed by atoms with Crippen molar-refractivity contribution < 1.29 is 8.78 Å². The van der Waals surface area contributed by atoms with Gasteiger partial charge in [0.2, 0.25) is 0 Å². The van der Waals surface area contributed by atoms with Crippen LogP contribution >= 0.6 is 38.5 Å². The van der Waals surface area contributed by atoms with Gasteiger partial charge < -0.3 is 5.73 Å². The summed E-state index contributed by atoms with van der Waals surface area (Å²) in [6, 6.07) is 8.91. The molecule has 0 bridgehead atoms. The van der Waals surface area contributed by atoms with E-state index in [0.717, 1.165) is 14.7 Å². The molecule has 2 rings (SSSR count). The Morgan fingerprint density at radius 2 is 1.84 bits per heavy atom. The highest BCUT2D eigenvalue weighted by atomic mass is 127. The summed E-state index contributed by atoms with van der Waals surface area (Å²) in [6.07, 6.45) is 0.498. The van der Waals surface area contributed by atoms with Crippen molar-refractivity contribution in [2.24, 2.45) is 5.73 Å². The molecule has 0 amide bonds. The lowest BCUT2D eigenvalue weighted by atomic mass is 10.00. The van der Waals surface area contributed by atoms with Crippen molar-refractivity contribution in [3.05, 3.63) is 67.2 Å². The fourth-order valence-corrected chi connectivity index (χ4v) is 3.28. The summed E-state index contributed by atoms with van der Waals surface area (Å²) in [5.74, 6) is -0.584. The Hall–Kier alpha value is -0.530. The highest BCUT2D eigenvalue weighted by Crippen LogP contribution is 2.24. The predicted octanol–water partition coefficient (Wildman–Crippen LogP) is 4.57. The smallest absolute Gasteiger partial charge is 0.124 e. The Labute approximate surface area is 132 Å². The third kappa shape index (κ3) is 3.97. The van der Waals surface area contributed by atoms with E-state index in [2.05, 4.69) is 38.5 Å². The minimum absolute atomic E-state index is 0.283. The number of nitrogens with two attached hydrogens (primary N) is 1. The molecule has 0 saturated carbocycles. The van der Waals surface area contributed by atoms with Gasteiger partial charge >= 0.3 is 0 Å². The molecule has 1 unspecified atom stereocenters. The maximum atomic E-state index is 13.3. The zero-order valence-electron chi connectivity index (χ0n) is 9.84. The number of hydrogen-bond acceptors (Lipinski definition) is 1. The molecule has 2 aromatic carbocycles. The fourth-order valence-electron chi connectivity index (χ4n) is 1.89. The molecule has 0 spiro atoms. The van der Waals surface area contributed by atoms with Gasteiger partial charge in [-0.1, -0.05) is 22.0 Å². The van der Waals surface area contributed by atoms with E-state index < -0.39 is 0 Å². The highest BCUT2D eigenvalue weighted by molar-refractivity contribution is 14.1. The largest absolute Gasteiger partial charge is 0.324 e. The first-order valence-corrected chi connectivity index (χ1v) is 7.48. The monoisotopic (exact) mass is 437 g/mol. The Balaban J connectivity index is 2.22. The SMILES string of the molecule is NC(Cc1cc(F)cc(Br)c1)c1ccc(F)cc1I. The Kier molecular flexibility index (Phi) is 4.92. The van der Waals surface area contributed by atoms with Crippen LogP contribution in [0.5, 0.6) is 0 Å². The Bertz CT molecular complexity index is 584. The maximum absolute atomic E-state index is 13.3. The van der Waals surface area contributed by atoms with Gasteiger partial charge in [-0.15, -0.1) is 0 Å². The van der Waals surface area contributed by atoms with Crippen molar-refractivity contribution in [2.75, 3.05) is 0 Å². The van der Waals surface area contributed by atoms with Crippen LogP contribution in [0.25, 0.3) is 0 Å². The third-order valence-corrected chi connectivity index (χ3v) is 4.13. The molecule has 0 aliphatic carbocycles. The molecule has 0 aromatic heterocycles. The van der Waals surface area contributed by atoms with E-state index in [1.165, 1.54) is 24.3 Å². The summed E-state index contributed by atoms with van der Waals surface area (Å²) >= 11 is 5.31. The second kappa shape index (κ2) is 6.28. The molecule has 0 heterocycles. The molecule has 0 aliphatic rings. The summed E-state index contributed by atoms with van der Waals surface area (Å²) in [6.45, 7) is 0. The van der Waals surface area contributed by atoms with Crippen LogP contribution < -0.4 is 5.73 Å². The summed E-state index contributed by atoms with van der Waals surface area (Å²) < 4.78 is 27.8. The lowest BCUT2D eigenvalue weighted by Crippen LogP contribution is -2.15. The molecule has 100 valence electrons. The first-order chi connectivity index (χ1) is 8.95. The van der Waals surface area contributed by atoms with Gasteiger partial charge in [-0.3, -0.25) is 0 Å². The second-order valence-electron chi connectivity index (χ2n) is 4.25. The lowest BCUT2D eigenvalue weighted by molar-refractivity contribution is 0.618. The van der Waals surface area contributed by atoms with Crippen LogP contribution in [0.3, 0.4) is 0 Å². The van der Waals surface area contributed by atoms with Crippen LogP contribution in [0.4, 0.5) is 8.78 Å². The first-order valence-electron chi connectivity index (χ1n) is 5.61. The van der Waals surface area contributed by atoms with Gasteiger partial charge in [0.05, 0.1) is 0 Å². The van der Waals surface area contributed by atoms with E-state index in [1.54, 1.807) is 6.07 Å². The molecular formula is C14H11BrF2IN. The van der Waals surface area contributed by atoms with Crippen LogP contribution in [0.15, 0.2) is 40.9 Å². The normalized spacial score (nSPS) is 12.5. The Morgan fingerprint density at radius 1 is 1.11 bits per heavy atom. The number of rotatable bonds is 3. The quantitative estimate of drug-likeness (QED) is 0.699. The summed E-state index contributed by atoms with van der Waals surface area (Å²) in [4.78, 5) is 0. The van der Waals surface area contributed by atoms with Gasteiger partial charge in [0.1, 0.15) is 11.6 Å². The van der Waals surface area contributed by atoms with Crippen LogP contribution in [0.1, 0.15) is 17.2 Å². The number of hydrogen-bond donors (Lipinski definition) is 1. The zero-order valence-corrected chi connectivity index (χ0v) is 13.6. The van der Waals surface area contributed by atoms with E-state index in [4.69, 9.17) is 5.73 Å². The van der Waals surface area contributed by atoms with Crippen molar-refractivity contribution in [2.45, 2.75) is 12.5 Å². The average molecular weight is 438 g/mol.